The Labute approximate surface area is 163 Å². The van der Waals surface area contributed by atoms with Crippen LogP contribution in [-0.2, 0) is 4.79 Å². The molecule has 1 aromatic carbocycles. The van der Waals surface area contributed by atoms with Crippen LogP contribution in [-0.4, -0.2) is 39.4 Å². The largest absolute Gasteiger partial charge is 0.338 e. The average molecular weight is 385 g/mol. The third-order valence-corrected chi connectivity index (χ3v) is 6.70. The Bertz CT molecular complexity index is 879. The van der Waals surface area contributed by atoms with E-state index in [9.17, 15) is 9.59 Å². The van der Waals surface area contributed by atoms with E-state index >= 15 is 0 Å². The van der Waals surface area contributed by atoms with E-state index in [0.29, 0.717) is 23.7 Å². The standard InChI is InChI=1S/C20H24N4O2S/c1-12-8-13(2)10-15(9-12)21-18(25)16-11-20(16)4-6-24(7-5-20)19(26)17-14(3)22-23-27-17/h8-10,16H,4-7,11H2,1-3H3,(H,21,25). The van der Waals surface area contributed by atoms with E-state index in [-0.39, 0.29) is 23.1 Å². The highest BCUT2D eigenvalue weighted by Gasteiger charge is 2.58. The van der Waals surface area contributed by atoms with Crippen LogP contribution in [0.3, 0.4) is 0 Å². The Morgan fingerprint density at radius 3 is 2.41 bits per heavy atom. The number of anilines is 1. The minimum Gasteiger partial charge on any atom is -0.338 e. The van der Waals surface area contributed by atoms with Gasteiger partial charge in [-0.1, -0.05) is 10.6 Å². The number of carbonyl (C=O) groups excluding carboxylic acids is 2. The topological polar surface area (TPSA) is 75.2 Å². The molecule has 1 aliphatic carbocycles. The molecule has 27 heavy (non-hydrogen) atoms. The zero-order valence-electron chi connectivity index (χ0n) is 15.9. The Kier molecular flexibility index (Phi) is 4.50. The van der Waals surface area contributed by atoms with Crippen LogP contribution in [0.25, 0.3) is 0 Å². The monoisotopic (exact) mass is 384 g/mol. The maximum Gasteiger partial charge on any atom is 0.267 e. The number of hydrogen-bond donors (Lipinski definition) is 1. The maximum absolute atomic E-state index is 12.7. The van der Waals surface area contributed by atoms with Gasteiger partial charge in [-0.05, 0) is 80.2 Å². The first-order valence-electron chi connectivity index (χ1n) is 9.35. The molecule has 1 aromatic heterocycles. The van der Waals surface area contributed by atoms with Crippen LogP contribution in [0.5, 0.6) is 0 Å². The predicted octanol–water partition coefficient (Wildman–Crippen LogP) is 3.34. The Hall–Kier alpha value is -2.28. The first-order chi connectivity index (χ1) is 12.9. The Morgan fingerprint density at radius 2 is 1.81 bits per heavy atom. The number of aryl methyl sites for hydroxylation is 3. The molecule has 1 saturated heterocycles. The lowest BCUT2D eigenvalue weighted by Crippen LogP contribution is -2.40. The van der Waals surface area contributed by atoms with Gasteiger partial charge in [0.25, 0.3) is 5.91 Å². The summed E-state index contributed by atoms with van der Waals surface area (Å²) in [5.41, 5.74) is 3.94. The van der Waals surface area contributed by atoms with E-state index in [1.807, 2.05) is 37.8 Å². The predicted molar refractivity (Wildman–Crippen MR) is 105 cm³/mol. The molecule has 0 bridgehead atoms. The number of piperidine rings is 1. The zero-order valence-corrected chi connectivity index (χ0v) is 16.7. The summed E-state index contributed by atoms with van der Waals surface area (Å²) < 4.78 is 3.86. The van der Waals surface area contributed by atoms with E-state index in [1.54, 1.807) is 0 Å². The van der Waals surface area contributed by atoms with Crippen LogP contribution >= 0.6 is 11.5 Å². The molecule has 1 atom stereocenters. The van der Waals surface area contributed by atoms with E-state index in [0.717, 1.165) is 47.6 Å². The summed E-state index contributed by atoms with van der Waals surface area (Å²) in [6.07, 6.45) is 2.69. The molecule has 2 amide bonds. The number of nitrogens with one attached hydrogen (secondary N) is 1. The first kappa shape index (κ1) is 18.1. The third kappa shape index (κ3) is 3.48. The maximum atomic E-state index is 12.7. The molecule has 2 aliphatic rings. The number of hydrogen-bond acceptors (Lipinski definition) is 5. The van der Waals surface area contributed by atoms with Crippen molar-refractivity contribution in [1.29, 1.82) is 0 Å². The van der Waals surface area contributed by atoms with Crippen molar-refractivity contribution in [3.05, 3.63) is 39.9 Å². The van der Waals surface area contributed by atoms with Crippen LogP contribution in [0.4, 0.5) is 5.69 Å². The first-order valence-corrected chi connectivity index (χ1v) is 10.1. The second-order valence-corrected chi connectivity index (χ2v) is 8.72. The number of amides is 2. The van der Waals surface area contributed by atoms with Crippen molar-refractivity contribution in [3.63, 3.8) is 0 Å². The second kappa shape index (κ2) is 6.71. The molecule has 6 nitrogen and oxygen atoms in total. The lowest BCUT2D eigenvalue weighted by Gasteiger charge is -2.32. The molecule has 1 N–H and O–H groups in total. The van der Waals surface area contributed by atoms with Gasteiger partial charge >= 0.3 is 0 Å². The number of rotatable bonds is 3. The molecule has 0 radical (unpaired) electrons. The molecule has 2 fully saturated rings. The van der Waals surface area contributed by atoms with Crippen molar-refractivity contribution in [2.75, 3.05) is 18.4 Å². The highest BCUT2D eigenvalue weighted by atomic mass is 32.1. The fourth-order valence-electron chi connectivity index (χ4n) is 4.27. The van der Waals surface area contributed by atoms with Gasteiger partial charge in [-0.3, -0.25) is 9.59 Å². The van der Waals surface area contributed by atoms with E-state index in [2.05, 4.69) is 21.0 Å². The van der Waals surface area contributed by atoms with Crippen molar-refractivity contribution in [3.8, 4) is 0 Å². The van der Waals surface area contributed by atoms with Crippen molar-refractivity contribution in [2.24, 2.45) is 11.3 Å². The highest BCUT2D eigenvalue weighted by Crippen LogP contribution is 2.59. The zero-order chi connectivity index (χ0) is 19.2. The summed E-state index contributed by atoms with van der Waals surface area (Å²) in [4.78, 5) is 27.8. The molecule has 1 saturated carbocycles. The van der Waals surface area contributed by atoms with E-state index < -0.39 is 0 Å². The van der Waals surface area contributed by atoms with Crippen molar-refractivity contribution in [2.45, 2.75) is 40.0 Å². The average Bonchev–Trinajstić information content (AvgIpc) is 3.13. The van der Waals surface area contributed by atoms with Gasteiger partial charge in [-0.2, -0.15) is 0 Å². The lowest BCUT2D eigenvalue weighted by atomic mass is 9.90. The summed E-state index contributed by atoms with van der Waals surface area (Å²) in [5.74, 6) is 0.193. The summed E-state index contributed by atoms with van der Waals surface area (Å²) in [6, 6.07) is 6.11. The minimum atomic E-state index is 0.0224. The molecule has 4 rings (SSSR count). The fraction of sp³-hybridized carbons (Fsp3) is 0.500. The van der Waals surface area contributed by atoms with Crippen LogP contribution in [0.1, 0.15) is 45.8 Å². The second-order valence-electron chi connectivity index (χ2n) is 7.96. The smallest absolute Gasteiger partial charge is 0.267 e. The molecule has 1 spiro atoms. The quantitative estimate of drug-likeness (QED) is 0.881. The van der Waals surface area contributed by atoms with Crippen molar-refractivity contribution >= 4 is 29.0 Å². The molecular weight excluding hydrogens is 360 g/mol. The van der Waals surface area contributed by atoms with E-state index in [4.69, 9.17) is 0 Å². The van der Waals surface area contributed by atoms with Crippen molar-refractivity contribution in [1.82, 2.24) is 14.5 Å². The lowest BCUT2D eigenvalue weighted by molar-refractivity contribution is -0.118. The van der Waals surface area contributed by atoms with Gasteiger partial charge in [0.15, 0.2) is 0 Å². The van der Waals surface area contributed by atoms with Gasteiger partial charge in [-0.15, -0.1) is 5.10 Å². The molecular formula is C20H24N4O2S. The Balaban J connectivity index is 1.35. The van der Waals surface area contributed by atoms with Gasteiger partial charge in [0.2, 0.25) is 5.91 Å². The number of benzene rings is 1. The summed E-state index contributed by atoms with van der Waals surface area (Å²) >= 11 is 1.16. The molecule has 2 heterocycles. The van der Waals surface area contributed by atoms with Crippen LogP contribution in [0, 0.1) is 32.1 Å². The normalized spacial score (nSPS) is 20.6. The number of carbonyl (C=O) groups is 2. The third-order valence-electron chi connectivity index (χ3n) is 5.89. The highest BCUT2D eigenvalue weighted by molar-refractivity contribution is 7.07. The van der Waals surface area contributed by atoms with E-state index in [1.165, 1.54) is 0 Å². The molecule has 1 unspecified atom stereocenters. The fourth-order valence-corrected chi connectivity index (χ4v) is 4.90. The minimum absolute atomic E-state index is 0.0224. The van der Waals surface area contributed by atoms with Crippen molar-refractivity contribution < 1.29 is 9.59 Å². The Morgan fingerprint density at radius 1 is 1.15 bits per heavy atom. The summed E-state index contributed by atoms with van der Waals surface area (Å²) in [7, 11) is 0. The summed E-state index contributed by atoms with van der Waals surface area (Å²) in [5, 5.41) is 7.02. The number of nitrogens with zero attached hydrogens (tertiary/aromatic N) is 3. The molecule has 142 valence electrons. The van der Waals surface area contributed by atoms with Gasteiger partial charge in [0.05, 0.1) is 5.69 Å². The van der Waals surface area contributed by atoms with Gasteiger partial charge in [-0.25, -0.2) is 0 Å². The van der Waals surface area contributed by atoms with Gasteiger partial charge in [0, 0.05) is 24.7 Å². The molecule has 7 heteroatoms. The van der Waals surface area contributed by atoms with Crippen LogP contribution in [0.15, 0.2) is 18.2 Å². The molecule has 2 aromatic rings. The molecule has 1 aliphatic heterocycles. The summed E-state index contributed by atoms with van der Waals surface area (Å²) in [6.45, 7) is 7.28. The van der Waals surface area contributed by atoms with Gasteiger partial charge < -0.3 is 10.2 Å². The van der Waals surface area contributed by atoms with Gasteiger partial charge in [0.1, 0.15) is 4.88 Å². The SMILES string of the molecule is Cc1cc(C)cc(NC(=O)C2CC23CCN(C(=O)c2snnc2C)CC3)c1. The number of likely N-dealkylation sites (tertiary alicyclic amines) is 1. The van der Waals surface area contributed by atoms with Crippen LogP contribution in [0.2, 0.25) is 0 Å². The van der Waals surface area contributed by atoms with Crippen LogP contribution < -0.4 is 5.32 Å². The number of aromatic nitrogens is 2.